The highest BCUT2D eigenvalue weighted by atomic mass is 79.9. The highest BCUT2D eigenvalue weighted by Gasteiger charge is 2.20. The molecule has 5 aromatic rings. The molecule has 3 heteroatoms. The van der Waals surface area contributed by atoms with Crippen molar-refractivity contribution in [1.82, 2.24) is 0 Å². The molecule has 0 bridgehead atoms. The lowest BCUT2D eigenvalue weighted by Crippen LogP contribution is -2.11. The number of hydrogen-bond donors (Lipinski definition) is 0. The Morgan fingerprint density at radius 2 is 1.13 bits per heavy atom. The smallest absolute Gasteiger partial charge is 0.0615 e. The molecule has 0 spiro atoms. The minimum atomic E-state index is 1.02. The van der Waals surface area contributed by atoms with Gasteiger partial charge in [-0.3, -0.25) is 0 Å². The number of rotatable bonds is 4. The van der Waals surface area contributed by atoms with Gasteiger partial charge in [-0.05, 0) is 72.6 Å². The van der Waals surface area contributed by atoms with Crippen LogP contribution in [0.25, 0.3) is 21.9 Å². The molecule has 5 aromatic carbocycles. The van der Waals surface area contributed by atoms with E-state index in [1.807, 2.05) is 12.1 Å². The van der Waals surface area contributed by atoms with Crippen molar-refractivity contribution in [3.63, 3.8) is 0 Å². The van der Waals surface area contributed by atoms with Crippen molar-refractivity contribution >= 4 is 59.7 Å². The van der Waals surface area contributed by atoms with Crippen LogP contribution in [0, 0.1) is 0 Å². The molecule has 0 N–H and O–H groups in total. The summed E-state index contributed by atoms with van der Waals surface area (Å²) in [6.07, 6.45) is 0. The Bertz CT molecular complexity index is 1340. The summed E-state index contributed by atoms with van der Waals surface area (Å²) in [7, 11) is 0. The van der Waals surface area contributed by atoms with Crippen LogP contribution in [-0.2, 0) is 0 Å². The van der Waals surface area contributed by atoms with Gasteiger partial charge in [0.2, 0.25) is 0 Å². The molecule has 0 aliphatic carbocycles. The highest BCUT2D eigenvalue weighted by Crippen LogP contribution is 2.46. The van der Waals surface area contributed by atoms with Crippen LogP contribution < -0.4 is 4.90 Å². The normalized spacial score (nSPS) is 10.9. The molecule has 0 aromatic heterocycles. The van der Waals surface area contributed by atoms with E-state index in [4.69, 9.17) is 0 Å². The molecule has 0 amide bonds. The predicted molar refractivity (Wildman–Crippen MR) is 139 cm³/mol. The number of nitrogens with zero attached hydrogens (tertiary/aromatic N) is 1. The number of anilines is 3. The Morgan fingerprint density at radius 3 is 1.90 bits per heavy atom. The fourth-order valence-electron chi connectivity index (χ4n) is 3.94. The Hall–Kier alpha value is -2.88. The van der Waals surface area contributed by atoms with E-state index in [9.17, 15) is 0 Å². The zero-order chi connectivity index (χ0) is 21.2. The fraction of sp³-hybridized carbons (Fsp3) is 0. The Kier molecular flexibility index (Phi) is 5.63. The molecule has 1 nitrogen and oxygen atoms in total. The van der Waals surface area contributed by atoms with Gasteiger partial charge in [-0.25, -0.2) is 0 Å². The maximum absolute atomic E-state index is 3.90. The predicted octanol–water partition coefficient (Wildman–Crippen LogP) is 9.50. The van der Waals surface area contributed by atoms with Crippen LogP contribution >= 0.6 is 31.9 Å². The molecule has 0 radical (unpaired) electrons. The maximum atomic E-state index is 3.90. The maximum Gasteiger partial charge on any atom is 0.0615 e. The van der Waals surface area contributed by atoms with E-state index in [1.165, 1.54) is 16.3 Å². The van der Waals surface area contributed by atoms with E-state index in [0.717, 1.165) is 31.6 Å². The zero-order valence-electron chi connectivity index (χ0n) is 16.7. The highest BCUT2D eigenvalue weighted by molar-refractivity contribution is 9.13. The fourth-order valence-corrected chi connectivity index (χ4v) is 5.03. The van der Waals surface area contributed by atoms with Gasteiger partial charge in [0.1, 0.15) is 0 Å². The third kappa shape index (κ3) is 3.80. The van der Waals surface area contributed by atoms with Gasteiger partial charge in [0.15, 0.2) is 0 Å². The van der Waals surface area contributed by atoms with Crippen molar-refractivity contribution in [2.24, 2.45) is 0 Å². The van der Waals surface area contributed by atoms with Crippen molar-refractivity contribution in [3.8, 4) is 11.1 Å². The number of hydrogen-bond acceptors (Lipinski definition) is 1. The SMILES string of the molecule is Brc1c(-c2ccccc2)ccc(N(c2ccccc2)c2cccc3ccccc23)c1Br. The van der Waals surface area contributed by atoms with Crippen LogP contribution in [0.15, 0.2) is 124 Å². The molecule has 0 aliphatic rings. The van der Waals surface area contributed by atoms with Crippen LogP contribution in [0.1, 0.15) is 0 Å². The standard InChI is InChI=1S/C28H19Br2N/c29-27-24(21-10-3-1-4-11-21)18-19-26(28(27)30)31(22-14-5-2-6-15-22)25-17-9-13-20-12-7-8-16-23(20)25/h1-19H. The molecule has 0 heterocycles. The van der Waals surface area contributed by atoms with Crippen LogP contribution in [-0.4, -0.2) is 0 Å². The minimum absolute atomic E-state index is 1.02. The number of para-hydroxylation sites is 1. The summed E-state index contributed by atoms with van der Waals surface area (Å²) in [6.45, 7) is 0. The van der Waals surface area contributed by atoms with Gasteiger partial charge < -0.3 is 4.90 Å². The first kappa shape index (κ1) is 20.0. The van der Waals surface area contributed by atoms with E-state index in [2.05, 4.69) is 140 Å². The molecule has 31 heavy (non-hydrogen) atoms. The number of benzene rings is 5. The van der Waals surface area contributed by atoms with Gasteiger partial charge in [-0.1, -0.05) is 91.0 Å². The van der Waals surface area contributed by atoms with E-state index in [0.29, 0.717) is 0 Å². The van der Waals surface area contributed by atoms with E-state index in [1.54, 1.807) is 0 Å². The molecule has 0 atom stereocenters. The lowest BCUT2D eigenvalue weighted by molar-refractivity contribution is 1.28. The summed E-state index contributed by atoms with van der Waals surface area (Å²) in [5.41, 5.74) is 5.66. The molecule has 150 valence electrons. The number of fused-ring (bicyclic) bond motifs is 1. The summed E-state index contributed by atoms with van der Waals surface area (Å²) >= 11 is 7.76. The molecule has 0 saturated carbocycles. The quantitative estimate of drug-likeness (QED) is 0.224. The van der Waals surface area contributed by atoms with Crippen molar-refractivity contribution in [1.29, 1.82) is 0 Å². The third-order valence-electron chi connectivity index (χ3n) is 5.41. The lowest BCUT2D eigenvalue weighted by atomic mass is 10.0. The zero-order valence-corrected chi connectivity index (χ0v) is 19.8. The molecule has 5 rings (SSSR count). The average Bonchev–Trinajstić information content (AvgIpc) is 2.83. The first-order valence-electron chi connectivity index (χ1n) is 10.1. The molecule has 0 aliphatic heterocycles. The number of halogens is 2. The van der Waals surface area contributed by atoms with Gasteiger partial charge in [-0.2, -0.15) is 0 Å². The molecule has 0 saturated heterocycles. The summed E-state index contributed by atoms with van der Waals surface area (Å²) in [5, 5.41) is 2.43. The Morgan fingerprint density at radius 1 is 0.484 bits per heavy atom. The van der Waals surface area contributed by atoms with Gasteiger partial charge >= 0.3 is 0 Å². The van der Waals surface area contributed by atoms with Gasteiger partial charge in [0.25, 0.3) is 0 Å². The average molecular weight is 529 g/mol. The van der Waals surface area contributed by atoms with E-state index < -0.39 is 0 Å². The van der Waals surface area contributed by atoms with Crippen LogP contribution in [0.2, 0.25) is 0 Å². The largest absolute Gasteiger partial charge is 0.309 e. The van der Waals surface area contributed by atoms with Crippen molar-refractivity contribution in [3.05, 3.63) is 124 Å². The Balaban J connectivity index is 1.74. The topological polar surface area (TPSA) is 3.24 Å². The summed E-state index contributed by atoms with van der Waals surface area (Å²) in [4.78, 5) is 2.31. The molecule has 0 fully saturated rings. The second-order valence-electron chi connectivity index (χ2n) is 7.30. The lowest BCUT2D eigenvalue weighted by Gasteiger charge is -2.28. The molecule has 0 unspecified atom stereocenters. The summed E-state index contributed by atoms with van der Waals surface area (Å²) < 4.78 is 2.06. The third-order valence-corrected chi connectivity index (χ3v) is 7.57. The summed E-state index contributed by atoms with van der Waals surface area (Å²) in [5.74, 6) is 0. The first-order valence-corrected chi connectivity index (χ1v) is 11.7. The summed E-state index contributed by atoms with van der Waals surface area (Å²) in [6, 6.07) is 40.3. The minimum Gasteiger partial charge on any atom is -0.309 e. The monoisotopic (exact) mass is 527 g/mol. The van der Waals surface area contributed by atoms with Crippen LogP contribution in [0.3, 0.4) is 0 Å². The first-order chi connectivity index (χ1) is 15.2. The van der Waals surface area contributed by atoms with Gasteiger partial charge in [-0.15, -0.1) is 0 Å². The second kappa shape index (κ2) is 8.70. The van der Waals surface area contributed by atoms with Crippen molar-refractivity contribution in [2.75, 3.05) is 4.90 Å². The van der Waals surface area contributed by atoms with E-state index >= 15 is 0 Å². The Labute approximate surface area is 199 Å². The van der Waals surface area contributed by atoms with Crippen LogP contribution in [0.4, 0.5) is 17.1 Å². The van der Waals surface area contributed by atoms with Crippen molar-refractivity contribution < 1.29 is 0 Å². The molecular formula is C28H19Br2N. The van der Waals surface area contributed by atoms with Gasteiger partial charge in [0, 0.05) is 15.5 Å². The van der Waals surface area contributed by atoms with Crippen LogP contribution in [0.5, 0.6) is 0 Å². The van der Waals surface area contributed by atoms with Gasteiger partial charge in [0.05, 0.1) is 15.8 Å². The second-order valence-corrected chi connectivity index (χ2v) is 8.88. The molecular weight excluding hydrogens is 510 g/mol. The van der Waals surface area contributed by atoms with Crippen molar-refractivity contribution in [2.45, 2.75) is 0 Å². The van der Waals surface area contributed by atoms with E-state index in [-0.39, 0.29) is 0 Å².